The fourth-order valence-corrected chi connectivity index (χ4v) is 3.04. The molecule has 1 aliphatic heterocycles. The van der Waals surface area contributed by atoms with Crippen molar-refractivity contribution in [3.05, 3.63) is 0 Å². The highest BCUT2D eigenvalue weighted by Crippen LogP contribution is 2.32. The van der Waals surface area contributed by atoms with E-state index in [9.17, 15) is 0 Å². The van der Waals surface area contributed by atoms with Crippen LogP contribution in [-0.4, -0.2) is 42.3 Å². The van der Waals surface area contributed by atoms with Crippen molar-refractivity contribution in [2.24, 2.45) is 11.7 Å². The summed E-state index contributed by atoms with van der Waals surface area (Å²) >= 11 is 0. The molecule has 0 aromatic carbocycles. The Hall–Kier alpha value is -0.120. The molecule has 1 saturated heterocycles. The van der Waals surface area contributed by atoms with E-state index in [1.165, 1.54) is 0 Å². The van der Waals surface area contributed by atoms with Gasteiger partial charge in [-0.3, -0.25) is 4.90 Å². The first kappa shape index (κ1) is 13.9. The predicted molar refractivity (Wildman–Crippen MR) is 68.5 cm³/mol. The number of ether oxygens (including phenoxy) is 1. The van der Waals surface area contributed by atoms with Gasteiger partial charge >= 0.3 is 0 Å². The van der Waals surface area contributed by atoms with Gasteiger partial charge in [-0.25, -0.2) is 0 Å². The minimum atomic E-state index is 0.0985. The van der Waals surface area contributed by atoms with Crippen LogP contribution in [0, 0.1) is 5.92 Å². The molecule has 1 fully saturated rings. The van der Waals surface area contributed by atoms with Crippen molar-refractivity contribution >= 4 is 0 Å². The number of nitrogens with two attached hydrogens (primary N) is 1. The molecule has 0 spiro atoms. The van der Waals surface area contributed by atoms with E-state index in [0.717, 1.165) is 26.2 Å². The summed E-state index contributed by atoms with van der Waals surface area (Å²) in [5.74, 6) is 0.673. The predicted octanol–water partition coefficient (Wildman–Crippen LogP) is 1.86. The Morgan fingerprint density at radius 3 is 2.50 bits per heavy atom. The highest BCUT2D eigenvalue weighted by atomic mass is 16.5. The number of morpholine rings is 1. The van der Waals surface area contributed by atoms with Crippen LogP contribution in [0.4, 0.5) is 0 Å². The zero-order chi connectivity index (χ0) is 12.4. The van der Waals surface area contributed by atoms with E-state index in [0.29, 0.717) is 12.5 Å². The molecule has 0 bridgehead atoms. The fourth-order valence-electron chi connectivity index (χ4n) is 3.04. The lowest BCUT2D eigenvalue weighted by Crippen LogP contribution is -2.65. The Labute approximate surface area is 100 Å². The molecule has 1 rings (SSSR count). The van der Waals surface area contributed by atoms with Crippen LogP contribution < -0.4 is 5.73 Å². The number of rotatable bonds is 4. The van der Waals surface area contributed by atoms with Gasteiger partial charge in [0.1, 0.15) is 0 Å². The van der Waals surface area contributed by atoms with Crippen molar-refractivity contribution in [3.8, 4) is 0 Å². The summed E-state index contributed by atoms with van der Waals surface area (Å²) in [6.45, 7) is 14.7. The second kappa shape index (κ2) is 5.03. The van der Waals surface area contributed by atoms with Crippen LogP contribution in [0.25, 0.3) is 0 Å². The van der Waals surface area contributed by atoms with Crippen molar-refractivity contribution in [1.82, 2.24) is 4.90 Å². The van der Waals surface area contributed by atoms with Gasteiger partial charge in [-0.15, -0.1) is 0 Å². The zero-order valence-corrected chi connectivity index (χ0v) is 11.5. The zero-order valence-electron chi connectivity index (χ0n) is 11.5. The molecular formula is C13H28N2O. The van der Waals surface area contributed by atoms with Gasteiger partial charge in [0, 0.05) is 24.2 Å². The smallest absolute Gasteiger partial charge is 0.0645 e. The van der Waals surface area contributed by atoms with Crippen molar-refractivity contribution in [1.29, 1.82) is 0 Å². The fraction of sp³-hybridized carbons (Fsp3) is 1.00. The summed E-state index contributed by atoms with van der Waals surface area (Å²) in [4.78, 5) is 2.55. The standard InChI is InChI=1S/C13H28N2O/c1-11(2)8-13(5,9-14)15-6-7-16-10-12(15,3)4/h11H,6-10,14H2,1-5H3. The Morgan fingerprint density at radius 1 is 1.44 bits per heavy atom. The van der Waals surface area contributed by atoms with Crippen molar-refractivity contribution in [3.63, 3.8) is 0 Å². The van der Waals surface area contributed by atoms with Crippen molar-refractivity contribution < 1.29 is 4.74 Å². The lowest BCUT2D eigenvalue weighted by molar-refractivity contribution is -0.103. The summed E-state index contributed by atoms with van der Waals surface area (Å²) in [6, 6.07) is 0. The van der Waals surface area contributed by atoms with Gasteiger partial charge in [0.15, 0.2) is 0 Å². The number of hydrogen-bond acceptors (Lipinski definition) is 3. The van der Waals surface area contributed by atoms with Gasteiger partial charge in [0.25, 0.3) is 0 Å². The van der Waals surface area contributed by atoms with E-state index >= 15 is 0 Å². The summed E-state index contributed by atoms with van der Waals surface area (Å²) in [7, 11) is 0. The van der Waals surface area contributed by atoms with Crippen LogP contribution in [0.5, 0.6) is 0 Å². The van der Waals surface area contributed by atoms with E-state index in [2.05, 4.69) is 39.5 Å². The summed E-state index contributed by atoms with van der Waals surface area (Å²) in [6.07, 6.45) is 1.15. The molecule has 16 heavy (non-hydrogen) atoms. The minimum Gasteiger partial charge on any atom is -0.378 e. The average molecular weight is 228 g/mol. The van der Waals surface area contributed by atoms with Gasteiger partial charge in [-0.05, 0) is 33.1 Å². The topological polar surface area (TPSA) is 38.5 Å². The third kappa shape index (κ3) is 2.96. The van der Waals surface area contributed by atoms with Crippen molar-refractivity contribution in [2.75, 3.05) is 26.3 Å². The highest BCUT2D eigenvalue weighted by molar-refractivity contribution is 4.97. The molecule has 1 heterocycles. The molecule has 0 radical (unpaired) electrons. The molecule has 2 N–H and O–H groups in total. The first-order chi connectivity index (χ1) is 7.32. The van der Waals surface area contributed by atoms with Crippen LogP contribution in [0.1, 0.15) is 41.0 Å². The van der Waals surface area contributed by atoms with Crippen LogP contribution in [0.15, 0.2) is 0 Å². The Kier molecular flexibility index (Phi) is 4.38. The van der Waals surface area contributed by atoms with E-state index in [4.69, 9.17) is 10.5 Å². The minimum absolute atomic E-state index is 0.0985. The van der Waals surface area contributed by atoms with E-state index in [1.807, 2.05) is 0 Å². The number of hydrogen-bond donors (Lipinski definition) is 1. The Bertz CT molecular complexity index is 228. The second-order valence-corrected chi connectivity index (χ2v) is 6.32. The monoisotopic (exact) mass is 228 g/mol. The molecule has 96 valence electrons. The van der Waals surface area contributed by atoms with E-state index in [-0.39, 0.29) is 11.1 Å². The quantitative estimate of drug-likeness (QED) is 0.798. The molecule has 1 atom stereocenters. The van der Waals surface area contributed by atoms with Crippen LogP contribution in [-0.2, 0) is 4.74 Å². The maximum absolute atomic E-state index is 6.02. The first-order valence-corrected chi connectivity index (χ1v) is 6.37. The molecule has 0 aromatic heterocycles. The van der Waals surface area contributed by atoms with Gasteiger partial charge in [0.05, 0.1) is 13.2 Å². The summed E-state index contributed by atoms with van der Waals surface area (Å²) < 4.78 is 5.58. The van der Waals surface area contributed by atoms with Crippen molar-refractivity contribution in [2.45, 2.75) is 52.1 Å². The molecule has 3 heteroatoms. The Morgan fingerprint density at radius 2 is 2.06 bits per heavy atom. The van der Waals surface area contributed by atoms with E-state index in [1.54, 1.807) is 0 Å². The molecular weight excluding hydrogens is 200 g/mol. The molecule has 3 nitrogen and oxygen atoms in total. The molecule has 0 saturated carbocycles. The maximum Gasteiger partial charge on any atom is 0.0645 e. The molecule has 0 amide bonds. The lowest BCUT2D eigenvalue weighted by Gasteiger charge is -2.52. The molecule has 0 aliphatic carbocycles. The van der Waals surface area contributed by atoms with E-state index < -0.39 is 0 Å². The van der Waals surface area contributed by atoms with Gasteiger partial charge in [0.2, 0.25) is 0 Å². The first-order valence-electron chi connectivity index (χ1n) is 6.37. The van der Waals surface area contributed by atoms with Crippen LogP contribution in [0.3, 0.4) is 0 Å². The summed E-state index contributed by atoms with van der Waals surface area (Å²) in [5, 5.41) is 0. The number of nitrogens with zero attached hydrogens (tertiary/aromatic N) is 1. The molecule has 1 unspecified atom stereocenters. The van der Waals surface area contributed by atoms with Crippen LogP contribution in [0.2, 0.25) is 0 Å². The average Bonchev–Trinajstić information content (AvgIpc) is 2.15. The summed E-state index contributed by atoms with van der Waals surface area (Å²) in [5.41, 5.74) is 6.22. The second-order valence-electron chi connectivity index (χ2n) is 6.32. The Balaban J connectivity index is 2.84. The normalized spacial score (nSPS) is 25.7. The molecule has 1 aliphatic rings. The van der Waals surface area contributed by atoms with Gasteiger partial charge < -0.3 is 10.5 Å². The SMILES string of the molecule is CC(C)CC(C)(CN)N1CCOCC1(C)C. The van der Waals surface area contributed by atoms with Gasteiger partial charge in [-0.1, -0.05) is 13.8 Å². The third-order valence-corrected chi connectivity index (χ3v) is 3.58. The molecule has 0 aromatic rings. The van der Waals surface area contributed by atoms with Gasteiger partial charge in [-0.2, -0.15) is 0 Å². The third-order valence-electron chi connectivity index (χ3n) is 3.58. The van der Waals surface area contributed by atoms with Crippen LogP contribution >= 0.6 is 0 Å². The maximum atomic E-state index is 6.02. The highest BCUT2D eigenvalue weighted by Gasteiger charge is 2.41. The largest absolute Gasteiger partial charge is 0.378 e. The lowest BCUT2D eigenvalue weighted by atomic mass is 9.84.